The zero-order chi connectivity index (χ0) is 19.3. The molecule has 0 fully saturated rings. The summed E-state index contributed by atoms with van der Waals surface area (Å²) in [6.07, 6.45) is 0.0333. The molecule has 8 heteroatoms. The normalized spacial score (nSPS) is 11.5. The number of benzene rings is 2. The minimum atomic E-state index is -0.488. The predicted octanol–water partition coefficient (Wildman–Crippen LogP) is 3.79. The largest absolute Gasteiger partial charge is 0.497 e. The van der Waals surface area contributed by atoms with Gasteiger partial charge in [0.15, 0.2) is 0 Å². The van der Waals surface area contributed by atoms with Gasteiger partial charge in [-0.25, -0.2) is 0 Å². The third-order valence-corrected chi connectivity index (χ3v) is 4.27. The van der Waals surface area contributed by atoms with Crippen LogP contribution >= 0.6 is 23.2 Å². The van der Waals surface area contributed by atoms with E-state index in [-0.39, 0.29) is 34.0 Å². The molecule has 0 spiro atoms. The van der Waals surface area contributed by atoms with Crippen molar-refractivity contribution in [1.82, 2.24) is 5.32 Å². The van der Waals surface area contributed by atoms with Crippen molar-refractivity contribution in [2.24, 2.45) is 0 Å². The van der Waals surface area contributed by atoms with E-state index < -0.39 is 6.04 Å². The highest BCUT2D eigenvalue weighted by Crippen LogP contribution is 2.31. The summed E-state index contributed by atoms with van der Waals surface area (Å²) in [6, 6.07) is 9.66. The van der Waals surface area contributed by atoms with Gasteiger partial charge < -0.3 is 21.1 Å². The number of nitrogens with two attached hydrogens (primary N) is 1. The average molecular weight is 396 g/mol. The van der Waals surface area contributed by atoms with Crippen molar-refractivity contribution in [1.29, 1.82) is 0 Å². The van der Waals surface area contributed by atoms with E-state index in [1.807, 2.05) is 0 Å². The van der Waals surface area contributed by atoms with E-state index in [9.17, 15) is 9.59 Å². The van der Waals surface area contributed by atoms with E-state index in [0.717, 1.165) is 5.56 Å². The maximum Gasteiger partial charge on any atom is 0.226 e. The van der Waals surface area contributed by atoms with Gasteiger partial charge in [0.05, 0.1) is 35.3 Å². The number of hydrogen-bond donors (Lipinski definition) is 3. The number of methoxy groups -OCH3 is 1. The standard InChI is InChI=1S/C18H19Cl2N3O3/c1-10(24)22-16(11-3-5-13(26-2)6-4-11)9-17(25)23-12-7-14(19)18(21)15(20)8-12/h3-8,16H,9,21H2,1-2H3,(H,22,24)(H,23,25). The molecule has 138 valence electrons. The number of nitrogens with one attached hydrogen (secondary N) is 2. The first kappa shape index (κ1) is 19.9. The van der Waals surface area contributed by atoms with Crippen LogP contribution in [0.3, 0.4) is 0 Å². The molecule has 2 rings (SSSR count). The molecule has 0 saturated carbocycles. The number of carbonyl (C=O) groups excluding carboxylic acids is 2. The fraction of sp³-hybridized carbons (Fsp3) is 0.222. The smallest absolute Gasteiger partial charge is 0.226 e. The molecule has 2 aromatic carbocycles. The van der Waals surface area contributed by atoms with Crippen molar-refractivity contribution in [2.75, 3.05) is 18.2 Å². The first-order valence-corrected chi connectivity index (χ1v) is 8.51. The van der Waals surface area contributed by atoms with Gasteiger partial charge in [-0.1, -0.05) is 35.3 Å². The summed E-state index contributed by atoms with van der Waals surface area (Å²) in [4.78, 5) is 23.9. The van der Waals surface area contributed by atoms with Gasteiger partial charge in [-0.2, -0.15) is 0 Å². The van der Waals surface area contributed by atoms with Gasteiger partial charge in [0.2, 0.25) is 11.8 Å². The van der Waals surface area contributed by atoms with Crippen LogP contribution in [0.5, 0.6) is 5.75 Å². The topological polar surface area (TPSA) is 93.4 Å². The third kappa shape index (κ3) is 5.28. The second-order valence-electron chi connectivity index (χ2n) is 5.63. The molecule has 0 saturated heterocycles. The molecule has 2 amide bonds. The summed E-state index contributed by atoms with van der Waals surface area (Å²) < 4.78 is 5.12. The molecule has 1 unspecified atom stereocenters. The molecule has 0 aliphatic rings. The Morgan fingerprint density at radius 1 is 1.15 bits per heavy atom. The molecule has 26 heavy (non-hydrogen) atoms. The van der Waals surface area contributed by atoms with Crippen LogP contribution in [-0.2, 0) is 9.59 Å². The lowest BCUT2D eigenvalue weighted by Gasteiger charge is -2.18. The molecular formula is C18H19Cl2N3O3. The SMILES string of the molecule is COc1ccc(C(CC(=O)Nc2cc(Cl)c(N)c(Cl)c2)NC(C)=O)cc1. The Labute approximate surface area is 161 Å². The second-order valence-corrected chi connectivity index (χ2v) is 6.45. The monoisotopic (exact) mass is 395 g/mol. The number of ether oxygens (including phenoxy) is 1. The van der Waals surface area contributed by atoms with Crippen LogP contribution in [0.4, 0.5) is 11.4 Å². The first-order valence-electron chi connectivity index (χ1n) is 7.75. The number of halogens is 2. The van der Waals surface area contributed by atoms with Crippen LogP contribution in [0.15, 0.2) is 36.4 Å². The molecule has 0 heterocycles. The second kappa shape index (κ2) is 8.78. The first-order chi connectivity index (χ1) is 12.3. The van der Waals surface area contributed by atoms with Crippen molar-refractivity contribution in [3.8, 4) is 5.75 Å². The molecule has 6 nitrogen and oxygen atoms in total. The van der Waals surface area contributed by atoms with Crippen LogP contribution in [0, 0.1) is 0 Å². The molecular weight excluding hydrogens is 377 g/mol. The highest BCUT2D eigenvalue weighted by atomic mass is 35.5. The lowest BCUT2D eigenvalue weighted by molar-refractivity contribution is -0.120. The summed E-state index contributed by atoms with van der Waals surface area (Å²) >= 11 is 11.9. The summed E-state index contributed by atoms with van der Waals surface area (Å²) in [6.45, 7) is 1.40. The molecule has 2 aromatic rings. The molecule has 0 radical (unpaired) electrons. The maximum absolute atomic E-state index is 12.4. The van der Waals surface area contributed by atoms with Crippen molar-refractivity contribution in [2.45, 2.75) is 19.4 Å². The minimum Gasteiger partial charge on any atom is -0.497 e. The lowest BCUT2D eigenvalue weighted by Crippen LogP contribution is -2.29. The Bertz CT molecular complexity index is 787. The maximum atomic E-state index is 12.4. The van der Waals surface area contributed by atoms with Crippen molar-refractivity contribution >= 4 is 46.4 Å². The van der Waals surface area contributed by atoms with Crippen LogP contribution in [0.2, 0.25) is 10.0 Å². The Hall–Kier alpha value is -2.44. The van der Waals surface area contributed by atoms with Crippen molar-refractivity contribution in [3.63, 3.8) is 0 Å². The van der Waals surface area contributed by atoms with Gasteiger partial charge >= 0.3 is 0 Å². The number of nitrogen functional groups attached to an aromatic ring is 1. The van der Waals surface area contributed by atoms with Crippen LogP contribution in [-0.4, -0.2) is 18.9 Å². The van der Waals surface area contributed by atoms with E-state index in [4.69, 9.17) is 33.7 Å². The third-order valence-electron chi connectivity index (χ3n) is 3.65. The molecule has 4 N–H and O–H groups in total. The molecule has 0 aliphatic carbocycles. The fourth-order valence-electron chi connectivity index (χ4n) is 2.39. The van der Waals surface area contributed by atoms with Crippen molar-refractivity contribution in [3.05, 3.63) is 52.0 Å². The molecule has 0 aliphatic heterocycles. The van der Waals surface area contributed by atoms with Crippen molar-refractivity contribution < 1.29 is 14.3 Å². The Kier molecular flexibility index (Phi) is 6.71. The van der Waals surface area contributed by atoms with Gasteiger partial charge in [0, 0.05) is 12.6 Å². The van der Waals surface area contributed by atoms with E-state index in [0.29, 0.717) is 11.4 Å². The van der Waals surface area contributed by atoms with Gasteiger partial charge in [0.1, 0.15) is 5.75 Å². The molecule has 1 atom stereocenters. The number of carbonyl (C=O) groups is 2. The van der Waals surface area contributed by atoms with Crippen LogP contribution in [0.25, 0.3) is 0 Å². The van der Waals surface area contributed by atoms with Gasteiger partial charge in [-0.15, -0.1) is 0 Å². The fourth-order valence-corrected chi connectivity index (χ4v) is 2.87. The highest BCUT2D eigenvalue weighted by molar-refractivity contribution is 6.39. The van der Waals surface area contributed by atoms with Crippen LogP contribution in [0.1, 0.15) is 24.9 Å². The minimum absolute atomic E-state index is 0.0333. The number of anilines is 2. The molecule has 0 bridgehead atoms. The molecule has 0 aromatic heterocycles. The Morgan fingerprint density at radius 2 is 1.73 bits per heavy atom. The summed E-state index contributed by atoms with van der Waals surface area (Å²) in [5, 5.41) is 5.98. The van der Waals surface area contributed by atoms with E-state index >= 15 is 0 Å². The zero-order valence-electron chi connectivity index (χ0n) is 14.3. The van der Waals surface area contributed by atoms with Crippen LogP contribution < -0.4 is 21.1 Å². The summed E-state index contributed by atoms with van der Waals surface area (Å²) in [5.74, 6) is 0.139. The van der Waals surface area contributed by atoms with Gasteiger partial charge in [-0.05, 0) is 29.8 Å². The number of hydrogen-bond acceptors (Lipinski definition) is 4. The number of amides is 2. The number of rotatable bonds is 6. The Morgan fingerprint density at radius 3 is 2.23 bits per heavy atom. The summed E-state index contributed by atoms with van der Waals surface area (Å²) in [5.41, 5.74) is 7.14. The lowest BCUT2D eigenvalue weighted by atomic mass is 10.0. The van der Waals surface area contributed by atoms with Gasteiger partial charge in [-0.3, -0.25) is 9.59 Å². The average Bonchev–Trinajstić information content (AvgIpc) is 2.58. The summed E-state index contributed by atoms with van der Waals surface area (Å²) in [7, 11) is 1.57. The Balaban J connectivity index is 2.14. The quantitative estimate of drug-likeness (QED) is 0.648. The van der Waals surface area contributed by atoms with E-state index in [1.54, 1.807) is 31.4 Å². The predicted molar refractivity (Wildman–Crippen MR) is 104 cm³/mol. The highest BCUT2D eigenvalue weighted by Gasteiger charge is 2.18. The van der Waals surface area contributed by atoms with E-state index in [1.165, 1.54) is 19.1 Å². The van der Waals surface area contributed by atoms with E-state index in [2.05, 4.69) is 10.6 Å². The van der Waals surface area contributed by atoms with Gasteiger partial charge in [0.25, 0.3) is 0 Å². The zero-order valence-corrected chi connectivity index (χ0v) is 15.8.